The fourth-order valence-electron chi connectivity index (χ4n) is 3.51. The molecule has 4 aromatic rings. The van der Waals surface area contributed by atoms with Gasteiger partial charge in [0, 0.05) is 23.4 Å². The molecule has 3 aromatic carbocycles. The molecule has 0 saturated heterocycles. The summed E-state index contributed by atoms with van der Waals surface area (Å²) in [7, 11) is 0. The lowest BCUT2D eigenvalue weighted by Gasteiger charge is -2.14. The molecule has 0 aliphatic rings. The second kappa shape index (κ2) is 7.40. The second-order valence-electron chi connectivity index (χ2n) is 7.24. The van der Waals surface area contributed by atoms with Crippen LogP contribution in [-0.2, 0) is 4.79 Å². The van der Waals surface area contributed by atoms with E-state index < -0.39 is 5.63 Å². The number of carbonyl (C=O) groups is 1. The van der Waals surface area contributed by atoms with Gasteiger partial charge >= 0.3 is 5.63 Å². The van der Waals surface area contributed by atoms with Gasteiger partial charge in [-0.25, -0.2) is 4.79 Å². The maximum Gasteiger partial charge on any atom is 0.346 e. The number of nitrogens with one attached hydrogen (secondary N) is 1. The van der Waals surface area contributed by atoms with Crippen molar-refractivity contribution in [3.63, 3.8) is 0 Å². The summed E-state index contributed by atoms with van der Waals surface area (Å²) in [6.07, 6.45) is 0. The first-order chi connectivity index (χ1) is 13.9. The van der Waals surface area contributed by atoms with E-state index >= 15 is 0 Å². The quantitative estimate of drug-likeness (QED) is 0.493. The van der Waals surface area contributed by atoms with Crippen molar-refractivity contribution in [3.8, 4) is 22.5 Å². The van der Waals surface area contributed by atoms with Crippen LogP contribution in [-0.4, -0.2) is 5.91 Å². The maximum absolute atomic E-state index is 13.0. The smallest absolute Gasteiger partial charge is 0.346 e. The zero-order valence-electron chi connectivity index (χ0n) is 16.6. The summed E-state index contributed by atoms with van der Waals surface area (Å²) in [5, 5.41) is 3.86. The summed E-state index contributed by atoms with van der Waals surface area (Å²) < 4.78 is 5.85. The van der Waals surface area contributed by atoms with E-state index in [4.69, 9.17) is 4.42 Å². The third-order valence-electron chi connectivity index (χ3n) is 4.92. The fraction of sp³-hybridized carbons (Fsp3) is 0.120. The molecule has 0 atom stereocenters. The Morgan fingerprint density at radius 1 is 0.828 bits per heavy atom. The monoisotopic (exact) mass is 383 g/mol. The van der Waals surface area contributed by atoms with Gasteiger partial charge in [0.05, 0.1) is 11.1 Å². The number of anilines is 1. The molecule has 0 spiro atoms. The number of hydrogen-bond donors (Lipinski definition) is 1. The predicted octanol–water partition coefficient (Wildman–Crippen LogP) is 5.70. The van der Waals surface area contributed by atoms with Crippen LogP contribution in [0.2, 0.25) is 0 Å². The summed E-state index contributed by atoms with van der Waals surface area (Å²) in [6.45, 7) is 5.46. The summed E-state index contributed by atoms with van der Waals surface area (Å²) in [6, 6.07) is 21.4. The number of amides is 1. The van der Waals surface area contributed by atoms with Crippen LogP contribution in [0.15, 0.2) is 75.9 Å². The molecule has 0 aliphatic heterocycles. The number of benzene rings is 3. The van der Waals surface area contributed by atoms with Gasteiger partial charge in [-0.2, -0.15) is 0 Å². The summed E-state index contributed by atoms with van der Waals surface area (Å²) in [5.41, 5.74) is 4.85. The Hall–Kier alpha value is -3.66. The van der Waals surface area contributed by atoms with Crippen LogP contribution in [0, 0.1) is 13.8 Å². The van der Waals surface area contributed by atoms with Gasteiger partial charge in [-0.3, -0.25) is 4.79 Å². The number of rotatable bonds is 3. The van der Waals surface area contributed by atoms with E-state index in [0.717, 1.165) is 33.2 Å². The highest BCUT2D eigenvalue weighted by atomic mass is 16.4. The van der Waals surface area contributed by atoms with Crippen LogP contribution in [0.4, 0.5) is 5.69 Å². The number of fused-ring (bicyclic) bond motifs is 1. The second-order valence-corrected chi connectivity index (χ2v) is 7.24. The van der Waals surface area contributed by atoms with E-state index in [1.165, 1.54) is 6.92 Å². The Morgan fingerprint density at radius 2 is 1.41 bits per heavy atom. The minimum atomic E-state index is -0.476. The van der Waals surface area contributed by atoms with Crippen LogP contribution in [0.3, 0.4) is 0 Å². The Labute approximate surface area is 168 Å². The average Bonchev–Trinajstić information content (AvgIpc) is 2.69. The highest BCUT2D eigenvalue weighted by Crippen LogP contribution is 2.38. The van der Waals surface area contributed by atoms with Gasteiger partial charge in [0.15, 0.2) is 0 Å². The predicted molar refractivity (Wildman–Crippen MR) is 117 cm³/mol. The van der Waals surface area contributed by atoms with Crippen molar-refractivity contribution in [2.75, 3.05) is 5.32 Å². The van der Waals surface area contributed by atoms with Crippen molar-refractivity contribution < 1.29 is 9.21 Å². The first-order valence-electron chi connectivity index (χ1n) is 9.45. The number of carbonyl (C=O) groups excluding carboxylic acids is 1. The number of hydrogen-bond acceptors (Lipinski definition) is 3. The maximum atomic E-state index is 13.0. The SMILES string of the molecule is CC(=O)Nc1cccc2c(-c3ccc(C)cc3)c(-c3ccc(C)cc3)oc(=O)c12. The van der Waals surface area contributed by atoms with Crippen molar-refractivity contribution >= 4 is 22.4 Å². The molecule has 4 nitrogen and oxygen atoms in total. The van der Waals surface area contributed by atoms with Crippen molar-refractivity contribution in [2.24, 2.45) is 0 Å². The standard InChI is InChI=1S/C25H21NO3/c1-15-7-11-18(12-8-15)22-20-5-4-6-21(26-17(3)27)23(20)25(28)29-24(22)19-13-9-16(2)10-14-19/h4-14H,1-3H3,(H,26,27). The summed E-state index contributed by atoms with van der Waals surface area (Å²) in [4.78, 5) is 24.6. The van der Waals surface area contributed by atoms with E-state index in [-0.39, 0.29) is 5.91 Å². The molecule has 1 heterocycles. The lowest BCUT2D eigenvalue weighted by molar-refractivity contribution is -0.114. The van der Waals surface area contributed by atoms with Gasteiger partial charge in [0.2, 0.25) is 5.91 Å². The van der Waals surface area contributed by atoms with Crippen molar-refractivity contribution in [1.29, 1.82) is 0 Å². The summed E-state index contributed by atoms with van der Waals surface area (Å²) in [5.74, 6) is 0.280. The zero-order chi connectivity index (χ0) is 20.5. The molecule has 144 valence electrons. The van der Waals surface area contributed by atoms with Crippen LogP contribution in [0.5, 0.6) is 0 Å². The van der Waals surface area contributed by atoms with Gasteiger partial charge in [-0.15, -0.1) is 0 Å². The topological polar surface area (TPSA) is 59.3 Å². The molecule has 29 heavy (non-hydrogen) atoms. The third-order valence-corrected chi connectivity index (χ3v) is 4.92. The minimum Gasteiger partial charge on any atom is -0.422 e. The van der Waals surface area contributed by atoms with E-state index in [1.54, 1.807) is 6.07 Å². The Kier molecular flexibility index (Phi) is 4.77. The average molecular weight is 383 g/mol. The molecule has 0 fully saturated rings. The molecular formula is C25H21NO3. The third kappa shape index (κ3) is 3.57. The molecule has 1 amide bonds. The van der Waals surface area contributed by atoms with Crippen LogP contribution >= 0.6 is 0 Å². The normalized spacial score (nSPS) is 10.9. The molecule has 4 rings (SSSR count). The largest absolute Gasteiger partial charge is 0.422 e. The first-order valence-corrected chi connectivity index (χ1v) is 9.45. The Balaban J connectivity index is 2.11. The Morgan fingerprint density at radius 3 is 2.00 bits per heavy atom. The van der Waals surface area contributed by atoms with E-state index in [2.05, 4.69) is 5.32 Å². The molecular weight excluding hydrogens is 362 g/mol. The highest BCUT2D eigenvalue weighted by Gasteiger charge is 2.19. The molecule has 0 unspecified atom stereocenters. The lowest BCUT2D eigenvalue weighted by atomic mass is 9.94. The van der Waals surface area contributed by atoms with Crippen LogP contribution in [0.25, 0.3) is 33.2 Å². The van der Waals surface area contributed by atoms with Gasteiger partial charge in [0.1, 0.15) is 5.76 Å². The summed E-state index contributed by atoms with van der Waals surface area (Å²) >= 11 is 0. The van der Waals surface area contributed by atoms with Crippen molar-refractivity contribution in [3.05, 3.63) is 88.3 Å². The highest BCUT2D eigenvalue weighted by molar-refractivity contribution is 6.08. The van der Waals surface area contributed by atoms with Gasteiger partial charge in [0.25, 0.3) is 0 Å². The molecule has 1 N–H and O–H groups in total. The van der Waals surface area contributed by atoms with E-state index in [1.807, 2.05) is 74.5 Å². The van der Waals surface area contributed by atoms with Crippen molar-refractivity contribution in [1.82, 2.24) is 0 Å². The first kappa shape index (κ1) is 18.7. The van der Waals surface area contributed by atoms with Crippen LogP contribution in [0.1, 0.15) is 18.1 Å². The number of aryl methyl sites for hydroxylation is 2. The molecule has 0 bridgehead atoms. The van der Waals surface area contributed by atoms with Crippen LogP contribution < -0.4 is 10.9 Å². The lowest BCUT2D eigenvalue weighted by Crippen LogP contribution is -2.11. The van der Waals surface area contributed by atoms with Gasteiger partial charge in [-0.05, 0) is 25.5 Å². The molecule has 4 heteroatoms. The van der Waals surface area contributed by atoms with Gasteiger partial charge in [-0.1, -0.05) is 71.8 Å². The Bertz CT molecular complexity index is 1270. The zero-order valence-corrected chi connectivity index (χ0v) is 16.6. The molecule has 0 radical (unpaired) electrons. The van der Waals surface area contributed by atoms with Crippen molar-refractivity contribution in [2.45, 2.75) is 20.8 Å². The van der Waals surface area contributed by atoms with E-state index in [0.29, 0.717) is 16.8 Å². The molecule has 0 saturated carbocycles. The minimum absolute atomic E-state index is 0.239. The van der Waals surface area contributed by atoms with Gasteiger partial charge < -0.3 is 9.73 Å². The fourth-order valence-corrected chi connectivity index (χ4v) is 3.51. The molecule has 1 aromatic heterocycles. The molecule has 0 aliphatic carbocycles. The van der Waals surface area contributed by atoms with E-state index in [9.17, 15) is 9.59 Å².